The van der Waals surface area contributed by atoms with Crippen LogP contribution in [0.1, 0.15) is 24.1 Å². The summed E-state index contributed by atoms with van der Waals surface area (Å²) < 4.78 is 27.7. The molecule has 1 N–H and O–H groups in total. The number of amides is 1. The Morgan fingerprint density at radius 3 is 2.03 bits per heavy atom. The van der Waals surface area contributed by atoms with Gasteiger partial charge < -0.3 is 5.32 Å². The van der Waals surface area contributed by atoms with Gasteiger partial charge >= 0.3 is 0 Å². The summed E-state index contributed by atoms with van der Waals surface area (Å²) in [7, 11) is -3.92. The number of halogens is 2. The number of hydrogen-bond acceptors (Lipinski definition) is 3. The third-order valence-corrected chi connectivity index (χ3v) is 7.03. The van der Waals surface area contributed by atoms with Crippen molar-refractivity contribution in [3.05, 3.63) is 100 Å². The Kier molecular flexibility index (Phi) is 7.73. The smallest absolute Gasteiger partial charge is 0.243 e. The quantitative estimate of drug-likeness (QED) is 0.493. The largest absolute Gasteiger partial charge is 0.348 e. The van der Waals surface area contributed by atoms with Gasteiger partial charge in [0.15, 0.2) is 0 Å². The predicted octanol–water partition coefficient (Wildman–Crippen LogP) is 5.06. The van der Waals surface area contributed by atoms with Crippen molar-refractivity contribution >= 4 is 39.1 Å². The van der Waals surface area contributed by atoms with Gasteiger partial charge in [-0.2, -0.15) is 4.31 Å². The molecule has 3 aromatic carbocycles. The first kappa shape index (κ1) is 23.3. The lowest BCUT2D eigenvalue weighted by atomic mass is 10.1. The van der Waals surface area contributed by atoms with Gasteiger partial charge in [0.25, 0.3) is 0 Å². The highest BCUT2D eigenvalue weighted by molar-refractivity contribution is 7.89. The second kappa shape index (κ2) is 10.3. The van der Waals surface area contributed by atoms with E-state index in [2.05, 4.69) is 5.32 Å². The van der Waals surface area contributed by atoms with Crippen molar-refractivity contribution in [2.24, 2.45) is 0 Å². The van der Waals surface area contributed by atoms with E-state index in [9.17, 15) is 13.2 Å². The molecule has 8 heteroatoms. The molecule has 0 spiro atoms. The molecule has 3 rings (SSSR count). The van der Waals surface area contributed by atoms with E-state index in [-0.39, 0.29) is 24.0 Å². The normalized spacial score (nSPS) is 12.5. The van der Waals surface area contributed by atoms with E-state index >= 15 is 0 Å². The number of carbonyl (C=O) groups is 1. The van der Waals surface area contributed by atoms with Crippen molar-refractivity contribution in [2.45, 2.75) is 24.4 Å². The maximum absolute atomic E-state index is 13.3. The topological polar surface area (TPSA) is 66.5 Å². The van der Waals surface area contributed by atoms with Crippen LogP contribution in [0.3, 0.4) is 0 Å². The molecule has 5 nitrogen and oxygen atoms in total. The third-order valence-electron chi connectivity index (χ3n) is 4.72. The van der Waals surface area contributed by atoms with Crippen LogP contribution < -0.4 is 5.32 Å². The summed E-state index contributed by atoms with van der Waals surface area (Å²) in [5.74, 6) is -0.407. The van der Waals surface area contributed by atoms with Gasteiger partial charge in [-0.1, -0.05) is 65.7 Å². The summed E-state index contributed by atoms with van der Waals surface area (Å²) in [6.07, 6.45) is 0. The minimum Gasteiger partial charge on any atom is -0.348 e. The van der Waals surface area contributed by atoms with Gasteiger partial charge in [0, 0.05) is 16.6 Å². The van der Waals surface area contributed by atoms with Crippen molar-refractivity contribution in [1.29, 1.82) is 0 Å². The molecule has 0 fully saturated rings. The van der Waals surface area contributed by atoms with E-state index in [1.165, 1.54) is 24.3 Å². The van der Waals surface area contributed by atoms with Gasteiger partial charge in [-0.3, -0.25) is 4.79 Å². The average Bonchev–Trinajstić information content (AvgIpc) is 2.74. The van der Waals surface area contributed by atoms with Crippen molar-refractivity contribution in [2.75, 3.05) is 6.54 Å². The van der Waals surface area contributed by atoms with Crippen LogP contribution in [0.2, 0.25) is 10.0 Å². The zero-order valence-corrected chi connectivity index (χ0v) is 19.2. The van der Waals surface area contributed by atoms with Gasteiger partial charge in [-0.05, 0) is 54.4 Å². The Morgan fingerprint density at radius 1 is 0.903 bits per heavy atom. The maximum atomic E-state index is 13.3. The van der Waals surface area contributed by atoms with Crippen molar-refractivity contribution in [1.82, 2.24) is 9.62 Å². The maximum Gasteiger partial charge on any atom is 0.243 e. The van der Waals surface area contributed by atoms with Crippen LogP contribution in [0, 0.1) is 0 Å². The molecule has 0 aromatic heterocycles. The van der Waals surface area contributed by atoms with Crippen LogP contribution in [0.5, 0.6) is 0 Å². The van der Waals surface area contributed by atoms with E-state index in [0.717, 1.165) is 15.4 Å². The number of sulfonamides is 1. The van der Waals surface area contributed by atoms with Crippen molar-refractivity contribution in [3.8, 4) is 0 Å². The molecule has 0 heterocycles. The van der Waals surface area contributed by atoms with Crippen molar-refractivity contribution in [3.63, 3.8) is 0 Å². The minimum atomic E-state index is -3.92. The lowest BCUT2D eigenvalue weighted by Crippen LogP contribution is -2.41. The Bertz CT molecular complexity index is 1120. The Labute approximate surface area is 192 Å². The SMILES string of the molecule is C[C@H](NC(=O)CN(Cc1ccccc1)S(=O)(=O)c1ccc(Cl)cc1)c1ccc(Cl)cc1. The molecule has 0 saturated carbocycles. The summed E-state index contributed by atoms with van der Waals surface area (Å²) in [6, 6.07) is 21.8. The fourth-order valence-corrected chi connectivity index (χ4v) is 4.69. The van der Waals surface area contributed by atoms with Crippen LogP contribution in [0.4, 0.5) is 0 Å². The number of rotatable bonds is 8. The van der Waals surface area contributed by atoms with E-state index in [1.807, 2.05) is 49.4 Å². The molecule has 0 unspecified atom stereocenters. The van der Waals surface area contributed by atoms with Crippen molar-refractivity contribution < 1.29 is 13.2 Å². The molecule has 0 aliphatic rings. The molecule has 1 amide bonds. The van der Waals surface area contributed by atoms with Gasteiger partial charge in [-0.15, -0.1) is 0 Å². The van der Waals surface area contributed by atoms with Gasteiger partial charge in [0.1, 0.15) is 0 Å². The number of carbonyl (C=O) groups excluding carboxylic acids is 1. The summed E-state index contributed by atoms with van der Waals surface area (Å²) >= 11 is 11.8. The predicted molar refractivity (Wildman–Crippen MR) is 123 cm³/mol. The second-order valence-electron chi connectivity index (χ2n) is 7.05. The van der Waals surface area contributed by atoms with Crippen LogP contribution in [0.15, 0.2) is 83.8 Å². The molecule has 3 aromatic rings. The second-order valence-corrected chi connectivity index (χ2v) is 9.86. The molecule has 0 radical (unpaired) electrons. The molecule has 0 aliphatic carbocycles. The molecule has 162 valence electrons. The zero-order chi connectivity index (χ0) is 22.4. The Morgan fingerprint density at radius 2 is 1.45 bits per heavy atom. The molecule has 0 saturated heterocycles. The summed E-state index contributed by atoms with van der Waals surface area (Å²) in [4.78, 5) is 12.8. The molecule has 31 heavy (non-hydrogen) atoms. The summed E-state index contributed by atoms with van der Waals surface area (Å²) in [5.41, 5.74) is 1.64. The van der Waals surface area contributed by atoms with E-state index in [4.69, 9.17) is 23.2 Å². The van der Waals surface area contributed by atoms with Crippen LogP contribution in [-0.2, 0) is 21.4 Å². The lowest BCUT2D eigenvalue weighted by Gasteiger charge is -2.23. The Balaban J connectivity index is 1.81. The number of nitrogens with zero attached hydrogens (tertiary/aromatic N) is 1. The monoisotopic (exact) mass is 476 g/mol. The number of nitrogens with one attached hydrogen (secondary N) is 1. The van der Waals surface area contributed by atoms with Gasteiger partial charge in [0.2, 0.25) is 15.9 Å². The summed E-state index contributed by atoms with van der Waals surface area (Å²) in [5, 5.41) is 3.89. The summed E-state index contributed by atoms with van der Waals surface area (Å²) in [6.45, 7) is 1.57. The van der Waals surface area contributed by atoms with Gasteiger partial charge in [-0.25, -0.2) is 8.42 Å². The third kappa shape index (κ3) is 6.31. The van der Waals surface area contributed by atoms with E-state index in [1.54, 1.807) is 12.1 Å². The standard InChI is InChI=1S/C23H22Cl2N2O3S/c1-17(19-7-9-20(24)10-8-19)26-23(28)16-27(15-18-5-3-2-4-6-18)31(29,30)22-13-11-21(25)12-14-22/h2-14,17H,15-16H2,1H3,(H,26,28)/t17-/m0/s1. The Hall–Kier alpha value is -2.38. The molecular weight excluding hydrogens is 455 g/mol. The van der Waals surface area contributed by atoms with Crippen LogP contribution in [-0.4, -0.2) is 25.2 Å². The van der Waals surface area contributed by atoms with Crippen LogP contribution in [0.25, 0.3) is 0 Å². The highest BCUT2D eigenvalue weighted by Gasteiger charge is 2.27. The first-order chi connectivity index (χ1) is 14.8. The average molecular weight is 477 g/mol. The fraction of sp³-hybridized carbons (Fsp3) is 0.174. The highest BCUT2D eigenvalue weighted by atomic mass is 35.5. The van der Waals surface area contributed by atoms with Crippen LogP contribution >= 0.6 is 23.2 Å². The highest BCUT2D eigenvalue weighted by Crippen LogP contribution is 2.21. The molecule has 0 aliphatic heterocycles. The zero-order valence-electron chi connectivity index (χ0n) is 16.8. The first-order valence-electron chi connectivity index (χ1n) is 9.60. The fourth-order valence-electron chi connectivity index (χ4n) is 3.05. The van der Waals surface area contributed by atoms with E-state index in [0.29, 0.717) is 10.0 Å². The number of benzene rings is 3. The lowest BCUT2D eigenvalue weighted by molar-refractivity contribution is -0.122. The minimum absolute atomic E-state index is 0.0640. The van der Waals surface area contributed by atoms with E-state index < -0.39 is 15.9 Å². The molecule has 0 bridgehead atoms. The molecule has 1 atom stereocenters. The molecular formula is C23H22Cl2N2O3S. The first-order valence-corrected chi connectivity index (χ1v) is 11.8. The van der Waals surface area contributed by atoms with Gasteiger partial charge in [0.05, 0.1) is 17.5 Å². The number of hydrogen-bond donors (Lipinski definition) is 1.